The fraction of sp³-hybridized carbons (Fsp3) is 0.515. The van der Waals surface area contributed by atoms with Crippen LogP contribution in [0.5, 0.6) is 5.75 Å². The van der Waals surface area contributed by atoms with Gasteiger partial charge >= 0.3 is 11.9 Å². The number of benzene rings is 1. The summed E-state index contributed by atoms with van der Waals surface area (Å²) in [5.74, 6) is -8.23. The van der Waals surface area contributed by atoms with Gasteiger partial charge in [-0.2, -0.15) is 0 Å². The molecule has 1 aromatic rings. The molecule has 1 aromatic carbocycles. The van der Waals surface area contributed by atoms with Crippen molar-refractivity contribution in [2.75, 3.05) is 39.7 Å². The summed E-state index contributed by atoms with van der Waals surface area (Å²) in [6.07, 6.45) is 1.89. The van der Waals surface area contributed by atoms with Crippen LogP contribution in [0.25, 0.3) is 0 Å². The number of ketones is 2. The molecule has 2 N–H and O–H groups in total. The van der Waals surface area contributed by atoms with Gasteiger partial charge in [0.15, 0.2) is 23.1 Å². The van der Waals surface area contributed by atoms with Gasteiger partial charge in [0.25, 0.3) is 5.91 Å². The smallest absolute Gasteiger partial charge is 0.307 e. The molecule has 0 aromatic heterocycles. The van der Waals surface area contributed by atoms with E-state index < -0.39 is 75.9 Å². The van der Waals surface area contributed by atoms with Crippen LogP contribution in [0, 0.1) is 11.8 Å². The van der Waals surface area contributed by atoms with Crippen molar-refractivity contribution < 1.29 is 48.1 Å². The monoisotopic (exact) mass is 639 g/mol. The molecule has 4 rings (SSSR count). The molecular formula is C33H41N3O10. The molecule has 0 fully saturated rings. The van der Waals surface area contributed by atoms with E-state index in [1.807, 2.05) is 37.3 Å². The van der Waals surface area contributed by atoms with Crippen LogP contribution in [0.4, 0.5) is 5.69 Å². The van der Waals surface area contributed by atoms with Gasteiger partial charge in [0.05, 0.1) is 18.2 Å². The number of esters is 2. The number of likely N-dealkylation sites (N-methyl/N-ethyl adjacent to an activating group) is 1. The van der Waals surface area contributed by atoms with Gasteiger partial charge < -0.3 is 24.2 Å². The number of carbonyl (C=O) groups is 6. The molecule has 13 heteroatoms. The summed E-state index contributed by atoms with van der Waals surface area (Å²) in [6, 6.07) is 2.36. The Morgan fingerprint density at radius 1 is 1.04 bits per heavy atom. The van der Waals surface area contributed by atoms with Crippen LogP contribution >= 0.6 is 0 Å². The molecule has 4 atom stereocenters. The van der Waals surface area contributed by atoms with Gasteiger partial charge in [0, 0.05) is 52.0 Å². The maximum Gasteiger partial charge on any atom is 0.307 e. The van der Waals surface area contributed by atoms with E-state index in [1.165, 1.54) is 4.90 Å². The van der Waals surface area contributed by atoms with Gasteiger partial charge in [0.2, 0.25) is 11.5 Å². The van der Waals surface area contributed by atoms with Crippen molar-refractivity contribution in [3.05, 3.63) is 45.9 Å². The number of hydrogen-bond acceptors (Lipinski definition) is 12. The van der Waals surface area contributed by atoms with Crippen LogP contribution in [0.2, 0.25) is 0 Å². The van der Waals surface area contributed by atoms with E-state index in [0.717, 1.165) is 39.3 Å². The SMILES string of the molecule is CCCCOc1ccc(N(C)C)c2c1C(=O)C1=C(OC(C)=O)C3(OC(C)=O)C(O)=C(C(=O)NC(C)=O)C(=O)C(N(C)C)C3CC1C2. The van der Waals surface area contributed by atoms with Crippen molar-refractivity contribution in [3.63, 3.8) is 0 Å². The molecule has 0 bridgehead atoms. The van der Waals surface area contributed by atoms with Crippen LogP contribution in [0.1, 0.15) is 62.9 Å². The number of carbonyl (C=O) groups excluding carboxylic acids is 6. The molecule has 0 heterocycles. The number of nitrogens with zero attached hydrogens (tertiary/aromatic N) is 2. The molecule has 0 saturated carbocycles. The topological polar surface area (TPSA) is 169 Å². The van der Waals surface area contributed by atoms with Crippen LogP contribution in [-0.4, -0.2) is 91.8 Å². The predicted molar refractivity (Wildman–Crippen MR) is 165 cm³/mol. The molecule has 0 aliphatic heterocycles. The van der Waals surface area contributed by atoms with Crippen molar-refractivity contribution in [2.45, 2.75) is 65.0 Å². The molecule has 3 aliphatic carbocycles. The van der Waals surface area contributed by atoms with Crippen LogP contribution < -0.4 is 15.0 Å². The first-order chi connectivity index (χ1) is 21.6. The Morgan fingerprint density at radius 2 is 1.72 bits per heavy atom. The summed E-state index contributed by atoms with van der Waals surface area (Å²) in [4.78, 5) is 82.7. The largest absolute Gasteiger partial charge is 0.507 e. The minimum absolute atomic E-state index is 0.0204. The molecule has 0 spiro atoms. The van der Waals surface area contributed by atoms with Gasteiger partial charge in [-0.15, -0.1) is 0 Å². The second kappa shape index (κ2) is 13.1. The van der Waals surface area contributed by atoms with Crippen molar-refractivity contribution >= 4 is 41.0 Å². The number of aliphatic hydroxyl groups excluding tert-OH is 1. The number of rotatable bonds is 9. The minimum atomic E-state index is -2.44. The Labute approximate surface area is 267 Å². The number of unbranched alkanes of at least 4 members (excludes halogenated alkanes) is 1. The number of imide groups is 1. The maximum atomic E-state index is 14.7. The van der Waals surface area contributed by atoms with Crippen molar-refractivity contribution in [1.82, 2.24) is 10.2 Å². The third-order valence-electron chi connectivity index (χ3n) is 8.57. The summed E-state index contributed by atoms with van der Waals surface area (Å²) >= 11 is 0. The quantitative estimate of drug-likeness (QED) is 0.230. The lowest BCUT2D eigenvalue weighted by Gasteiger charge is -2.52. The fourth-order valence-electron chi connectivity index (χ4n) is 6.91. The van der Waals surface area contributed by atoms with E-state index in [2.05, 4.69) is 0 Å². The lowest BCUT2D eigenvalue weighted by Crippen LogP contribution is -2.64. The normalized spacial score (nSPS) is 23.7. The number of anilines is 1. The number of amides is 2. The van der Waals surface area contributed by atoms with E-state index in [4.69, 9.17) is 14.2 Å². The summed E-state index contributed by atoms with van der Waals surface area (Å²) < 4.78 is 17.7. The first-order valence-corrected chi connectivity index (χ1v) is 15.2. The molecule has 0 radical (unpaired) electrons. The molecule has 46 heavy (non-hydrogen) atoms. The molecular weight excluding hydrogens is 598 g/mol. The van der Waals surface area contributed by atoms with Crippen molar-refractivity contribution in [3.8, 4) is 5.75 Å². The predicted octanol–water partition coefficient (Wildman–Crippen LogP) is 2.41. The zero-order valence-electron chi connectivity index (χ0n) is 27.4. The molecule has 248 valence electrons. The highest BCUT2D eigenvalue weighted by atomic mass is 16.6. The van der Waals surface area contributed by atoms with Gasteiger partial charge in [-0.25, -0.2) is 0 Å². The van der Waals surface area contributed by atoms with E-state index >= 15 is 0 Å². The fourth-order valence-corrected chi connectivity index (χ4v) is 6.91. The Hall–Kier alpha value is -4.52. The van der Waals surface area contributed by atoms with Crippen molar-refractivity contribution in [2.24, 2.45) is 11.8 Å². The number of Topliss-reactive ketones (excluding diaryl/α,β-unsaturated/α-hetero) is 2. The summed E-state index contributed by atoms with van der Waals surface area (Å²) in [5.41, 5.74) is -1.62. The van der Waals surface area contributed by atoms with E-state index in [0.29, 0.717) is 17.9 Å². The number of allylic oxidation sites excluding steroid dienone is 1. The van der Waals surface area contributed by atoms with E-state index in [1.54, 1.807) is 20.2 Å². The van der Waals surface area contributed by atoms with Gasteiger partial charge in [-0.1, -0.05) is 13.3 Å². The highest BCUT2D eigenvalue weighted by Crippen LogP contribution is 2.56. The van der Waals surface area contributed by atoms with Crippen molar-refractivity contribution in [1.29, 1.82) is 0 Å². The third-order valence-corrected chi connectivity index (χ3v) is 8.57. The average Bonchev–Trinajstić information content (AvgIpc) is 2.93. The number of nitrogens with one attached hydrogen (secondary N) is 1. The zero-order chi connectivity index (χ0) is 34.2. The molecule has 2 amide bonds. The Kier molecular flexibility index (Phi) is 9.76. The standard InChI is InChI=1S/C33H41N3O10/c1-9-10-13-44-23-12-11-22(35(5)6)20-14-19-15-21-27(36(7)8)29(41)26(32(43)34-16(2)37)30(42)33(21,46-18(4)39)31(45-17(3)38)24(19)28(40)25(20)23/h11-12,19,21,27,42H,9-10,13-15H2,1-8H3,(H,34,37,43). The first kappa shape index (κ1) is 34.4. The molecule has 13 nitrogen and oxygen atoms in total. The molecule has 0 saturated heterocycles. The van der Waals surface area contributed by atoms with Crippen LogP contribution in [0.15, 0.2) is 34.8 Å². The second-order valence-electron chi connectivity index (χ2n) is 12.3. The molecule has 3 aliphatic rings. The maximum absolute atomic E-state index is 14.7. The van der Waals surface area contributed by atoms with Gasteiger partial charge in [-0.05, 0) is 57.0 Å². The van der Waals surface area contributed by atoms with Crippen LogP contribution in [0.3, 0.4) is 0 Å². The second-order valence-corrected chi connectivity index (χ2v) is 12.3. The summed E-state index contributed by atoms with van der Waals surface area (Å²) in [5, 5.41) is 13.9. The van der Waals surface area contributed by atoms with Crippen LogP contribution in [-0.2, 0) is 39.9 Å². The number of aliphatic hydroxyl groups is 1. The number of ether oxygens (including phenoxy) is 3. The van der Waals surface area contributed by atoms with Gasteiger partial charge in [-0.3, -0.25) is 39.0 Å². The highest BCUT2D eigenvalue weighted by Gasteiger charge is 2.66. The number of hydrogen-bond donors (Lipinski definition) is 2. The van der Waals surface area contributed by atoms with E-state index in [9.17, 15) is 33.9 Å². The average molecular weight is 640 g/mol. The Morgan fingerprint density at radius 3 is 2.26 bits per heavy atom. The Balaban J connectivity index is 2.13. The third kappa shape index (κ3) is 5.79. The number of fused-ring (bicyclic) bond motifs is 3. The first-order valence-electron chi connectivity index (χ1n) is 15.2. The molecule has 4 unspecified atom stereocenters. The summed E-state index contributed by atoms with van der Waals surface area (Å²) in [6.45, 7) is 5.54. The van der Waals surface area contributed by atoms with Gasteiger partial charge in [0.1, 0.15) is 11.3 Å². The lowest BCUT2D eigenvalue weighted by atomic mass is 9.58. The zero-order valence-corrected chi connectivity index (χ0v) is 27.4. The summed E-state index contributed by atoms with van der Waals surface area (Å²) in [7, 11) is 6.83. The lowest BCUT2D eigenvalue weighted by molar-refractivity contribution is -0.176. The minimum Gasteiger partial charge on any atom is -0.507 e. The van der Waals surface area contributed by atoms with E-state index in [-0.39, 0.29) is 24.0 Å². The highest BCUT2D eigenvalue weighted by molar-refractivity contribution is 6.25. The Bertz CT molecular complexity index is 1570.